The van der Waals surface area contributed by atoms with E-state index >= 15 is 0 Å². The average Bonchev–Trinajstić information content (AvgIpc) is 2.83. The van der Waals surface area contributed by atoms with Crippen molar-refractivity contribution in [2.45, 2.75) is 6.92 Å². The maximum absolute atomic E-state index is 5.74. The molecule has 0 aromatic carbocycles. The summed E-state index contributed by atoms with van der Waals surface area (Å²) in [5.74, 6) is 0.728. The van der Waals surface area contributed by atoms with Gasteiger partial charge in [0.25, 0.3) is 0 Å². The Hall–Kier alpha value is -1.95. The highest BCUT2D eigenvalue weighted by atomic mass is 32.1. The van der Waals surface area contributed by atoms with Crippen LogP contribution >= 0.6 is 11.3 Å². The summed E-state index contributed by atoms with van der Waals surface area (Å²) < 4.78 is 1.85. The molecule has 3 aromatic heterocycles. The zero-order chi connectivity index (χ0) is 11.1. The molecule has 3 rings (SSSR count). The van der Waals surface area contributed by atoms with Crippen LogP contribution in [0.1, 0.15) is 5.01 Å². The zero-order valence-electron chi connectivity index (χ0n) is 8.58. The van der Waals surface area contributed by atoms with Gasteiger partial charge < -0.3 is 5.73 Å². The van der Waals surface area contributed by atoms with Gasteiger partial charge in [0.2, 0.25) is 0 Å². The number of fused-ring (bicyclic) bond motifs is 1. The molecule has 0 atom stereocenters. The van der Waals surface area contributed by atoms with Gasteiger partial charge in [0.05, 0.1) is 5.01 Å². The van der Waals surface area contributed by atoms with Crippen LogP contribution in [0.5, 0.6) is 0 Å². The standard InChI is InChI=1S/C10H9N5S/c1-6-12-8(5-16-6)10-14-13-9-3-2-7(11)4-15(9)10/h2-5H,11H2,1H3. The number of nitrogens with two attached hydrogens (primary N) is 1. The third kappa shape index (κ3) is 1.35. The van der Waals surface area contributed by atoms with Crippen molar-refractivity contribution in [3.8, 4) is 11.5 Å². The Morgan fingerprint density at radius 3 is 2.94 bits per heavy atom. The van der Waals surface area contributed by atoms with Crippen molar-refractivity contribution >= 4 is 22.7 Å². The molecule has 0 spiro atoms. The predicted molar refractivity (Wildman–Crippen MR) is 63.2 cm³/mol. The van der Waals surface area contributed by atoms with Gasteiger partial charge in [-0.2, -0.15) is 0 Å². The van der Waals surface area contributed by atoms with Crippen molar-refractivity contribution in [1.82, 2.24) is 19.6 Å². The lowest BCUT2D eigenvalue weighted by atomic mass is 10.4. The number of hydrogen-bond acceptors (Lipinski definition) is 5. The summed E-state index contributed by atoms with van der Waals surface area (Å²) in [6.07, 6.45) is 1.80. The van der Waals surface area contributed by atoms with Crippen LogP contribution in [-0.4, -0.2) is 19.6 Å². The zero-order valence-corrected chi connectivity index (χ0v) is 9.40. The predicted octanol–water partition coefficient (Wildman–Crippen LogP) is 1.74. The fourth-order valence-corrected chi connectivity index (χ4v) is 2.14. The molecule has 0 bridgehead atoms. The molecular weight excluding hydrogens is 222 g/mol. The van der Waals surface area contributed by atoms with E-state index in [1.807, 2.05) is 22.8 Å². The lowest BCUT2D eigenvalue weighted by Crippen LogP contribution is -1.93. The Bertz CT molecular complexity index is 654. The monoisotopic (exact) mass is 231 g/mol. The Labute approximate surface area is 95.6 Å². The topological polar surface area (TPSA) is 69.1 Å². The third-order valence-electron chi connectivity index (χ3n) is 2.27. The number of rotatable bonds is 1. The van der Waals surface area contributed by atoms with Gasteiger partial charge in [-0.05, 0) is 19.1 Å². The minimum absolute atomic E-state index is 0.681. The minimum atomic E-state index is 0.681. The SMILES string of the molecule is Cc1nc(-c2nnc3ccc(N)cn23)cs1. The first-order valence-corrected chi connectivity index (χ1v) is 5.65. The quantitative estimate of drug-likeness (QED) is 0.692. The Balaban J connectivity index is 2.27. The van der Waals surface area contributed by atoms with Gasteiger partial charge in [0.1, 0.15) is 5.69 Å². The van der Waals surface area contributed by atoms with Crippen LogP contribution in [0.25, 0.3) is 17.2 Å². The third-order valence-corrected chi connectivity index (χ3v) is 3.05. The summed E-state index contributed by atoms with van der Waals surface area (Å²) in [6, 6.07) is 3.64. The highest BCUT2D eigenvalue weighted by Gasteiger charge is 2.10. The molecular formula is C10H9N5S. The molecule has 0 aliphatic heterocycles. The second-order valence-electron chi connectivity index (χ2n) is 3.47. The lowest BCUT2D eigenvalue weighted by Gasteiger charge is -1.97. The molecule has 0 aliphatic rings. The molecule has 0 unspecified atom stereocenters. The number of pyridine rings is 1. The second kappa shape index (κ2) is 3.28. The number of aryl methyl sites for hydroxylation is 1. The fourth-order valence-electron chi connectivity index (χ4n) is 1.55. The van der Waals surface area contributed by atoms with E-state index in [9.17, 15) is 0 Å². The molecule has 0 amide bonds. The van der Waals surface area contributed by atoms with E-state index in [0.717, 1.165) is 22.2 Å². The Morgan fingerprint density at radius 2 is 2.19 bits per heavy atom. The van der Waals surface area contributed by atoms with E-state index in [1.165, 1.54) is 0 Å². The van der Waals surface area contributed by atoms with Crippen molar-refractivity contribution in [3.63, 3.8) is 0 Å². The van der Waals surface area contributed by atoms with Crippen LogP contribution in [0.4, 0.5) is 5.69 Å². The van der Waals surface area contributed by atoms with Crippen molar-refractivity contribution < 1.29 is 0 Å². The molecule has 80 valence electrons. The van der Waals surface area contributed by atoms with E-state index < -0.39 is 0 Å². The lowest BCUT2D eigenvalue weighted by molar-refractivity contribution is 1.09. The van der Waals surface area contributed by atoms with Crippen LogP contribution < -0.4 is 5.73 Å². The van der Waals surface area contributed by atoms with Crippen LogP contribution in [-0.2, 0) is 0 Å². The maximum Gasteiger partial charge on any atom is 0.187 e. The smallest absolute Gasteiger partial charge is 0.187 e. The molecule has 2 N–H and O–H groups in total. The largest absolute Gasteiger partial charge is 0.398 e. The van der Waals surface area contributed by atoms with Gasteiger partial charge in [-0.25, -0.2) is 4.98 Å². The summed E-state index contributed by atoms with van der Waals surface area (Å²) in [6.45, 7) is 1.96. The van der Waals surface area contributed by atoms with Gasteiger partial charge in [0.15, 0.2) is 11.5 Å². The number of thiazole rings is 1. The van der Waals surface area contributed by atoms with Crippen LogP contribution in [0, 0.1) is 6.92 Å². The van der Waals surface area contributed by atoms with Crippen LogP contribution in [0.2, 0.25) is 0 Å². The molecule has 5 nitrogen and oxygen atoms in total. The number of hydrogen-bond donors (Lipinski definition) is 1. The molecule has 16 heavy (non-hydrogen) atoms. The molecule has 0 saturated carbocycles. The summed E-state index contributed by atoms with van der Waals surface area (Å²) in [4.78, 5) is 4.39. The summed E-state index contributed by atoms with van der Waals surface area (Å²) in [7, 11) is 0. The number of aromatic nitrogens is 4. The molecule has 6 heteroatoms. The highest BCUT2D eigenvalue weighted by molar-refractivity contribution is 7.09. The normalized spacial score (nSPS) is 11.1. The van der Waals surface area contributed by atoms with Crippen molar-refractivity contribution in [2.24, 2.45) is 0 Å². The molecule has 0 aliphatic carbocycles. The first-order valence-electron chi connectivity index (χ1n) is 4.77. The summed E-state index contributed by atoms with van der Waals surface area (Å²) >= 11 is 1.59. The average molecular weight is 231 g/mol. The van der Waals surface area contributed by atoms with Crippen LogP contribution in [0.3, 0.4) is 0 Å². The van der Waals surface area contributed by atoms with Gasteiger partial charge in [-0.15, -0.1) is 21.5 Å². The van der Waals surface area contributed by atoms with Crippen molar-refractivity contribution in [1.29, 1.82) is 0 Å². The first kappa shape index (κ1) is 9.29. The molecule has 0 saturated heterocycles. The van der Waals surface area contributed by atoms with Gasteiger partial charge in [0, 0.05) is 17.3 Å². The number of nitrogen functional groups attached to an aromatic ring is 1. The molecule has 3 aromatic rings. The maximum atomic E-state index is 5.74. The second-order valence-corrected chi connectivity index (χ2v) is 4.53. The Kier molecular flexibility index (Phi) is 1.90. The summed E-state index contributed by atoms with van der Waals surface area (Å²) in [5.41, 5.74) is 8.03. The minimum Gasteiger partial charge on any atom is -0.398 e. The van der Waals surface area contributed by atoms with Gasteiger partial charge >= 0.3 is 0 Å². The first-order chi connectivity index (χ1) is 7.74. The highest BCUT2D eigenvalue weighted by Crippen LogP contribution is 2.21. The van der Waals surface area contributed by atoms with E-state index in [4.69, 9.17) is 5.73 Å². The molecule has 0 fully saturated rings. The van der Waals surface area contributed by atoms with E-state index in [-0.39, 0.29) is 0 Å². The van der Waals surface area contributed by atoms with Gasteiger partial charge in [-0.1, -0.05) is 0 Å². The fraction of sp³-hybridized carbons (Fsp3) is 0.100. The van der Waals surface area contributed by atoms with Crippen molar-refractivity contribution in [2.75, 3.05) is 5.73 Å². The summed E-state index contributed by atoms with van der Waals surface area (Å²) in [5, 5.41) is 11.2. The van der Waals surface area contributed by atoms with Gasteiger partial charge in [-0.3, -0.25) is 4.40 Å². The molecule has 3 heterocycles. The van der Waals surface area contributed by atoms with E-state index in [2.05, 4.69) is 15.2 Å². The van der Waals surface area contributed by atoms with Crippen molar-refractivity contribution in [3.05, 3.63) is 28.7 Å². The molecule has 0 radical (unpaired) electrons. The number of anilines is 1. The van der Waals surface area contributed by atoms with E-state index in [0.29, 0.717) is 5.69 Å². The van der Waals surface area contributed by atoms with E-state index in [1.54, 1.807) is 23.6 Å². The number of nitrogens with zero attached hydrogens (tertiary/aromatic N) is 4. The van der Waals surface area contributed by atoms with Crippen LogP contribution in [0.15, 0.2) is 23.7 Å². The Morgan fingerprint density at radius 1 is 1.31 bits per heavy atom.